The molecule has 0 aliphatic carbocycles. The van der Waals surface area contributed by atoms with Gasteiger partial charge >= 0.3 is 23.8 Å². The second-order valence-electron chi connectivity index (χ2n) is 6.77. The van der Waals surface area contributed by atoms with Crippen LogP contribution in [0.3, 0.4) is 0 Å². The number of methoxy groups -OCH3 is 2. The van der Waals surface area contributed by atoms with Gasteiger partial charge in [-0.3, -0.25) is 9.36 Å². The van der Waals surface area contributed by atoms with Gasteiger partial charge in [-0.15, -0.1) is 0 Å². The molecule has 0 aliphatic heterocycles. The van der Waals surface area contributed by atoms with Crippen LogP contribution in [-0.4, -0.2) is 45.9 Å². The lowest BCUT2D eigenvalue weighted by molar-refractivity contribution is -0.144. The summed E-state index contributed by atoms with van der Waals surface area (Å²) in [6.07, 6.45) is -5.00. The Morgan fingerprint density at radius 1 is 1.08 bits per heavy atom. The van der Waals surface area contributed by atoms with Crippen molar-refractivity contribution in [3.05, 3.63) is 61.6 Å². The number of hydrogen-bond acceptors (Lipinski definition) is 9. The quantitative estimate of drug-likeness (QED) is 0.332. The topological polar surface area (TPSA) is 124 Å². The maximum absolute atomic E-state index is 14.7. The first kappa shape index (κ1) is 26.5. The Labute approximate surface area is 203 Å². The Morgan fingerprint density at radius 3 is 2.36 bits per heavy atom. The van der Waals surface area contributed by atoms with Gasteiger partial charge in [0.05, 0.1) is 31.0 Å². The van der Waals surface area contributed by atoms with E-state index in [9.17, 15) is 31.9 Å². The minimum absolute atomic E-state index is 0.0776. The van der Waals surface area contributed by atoms with Crippen LogP contribution in [0.25, 0.3) is 5.69 Å². The number of carbonyl (C=O) groups is 1. The van der Waals surface area contributed by atoms with E-state index in [0.717, 1.165) is 20.2 Å². The summed E-state index contributed by atoms with van der Waals surface area (Å²) in [5.41, 5.74) is -5.20. The molecule has 3 aromatic rings. The fourth-order valence-corrected chi connectivity index (χ4v) is 2.97. The van der Waals surface area contributed by atoms with Gasteiger partial charge in [-0.05, 0) is 6.07 Å². The summed E-state index contributed by atoms with van der Waals surface area (Å²) >= 11 is 6.01. The lowest BCUT2D eigenvalue weighted by Gasteiger charge is -2.15. The summed E-state index contributed by atoms with van der Waals surface area (Å²) in [6, 6.07) is 2.35. The Kier molecular flexibility index (Phi) is 7.52. The van der Waals surface area contributed by atoms with Crippen molar-refractivity contribution >= 4 is 17.6 Å². The normalized spacial score (nSPS) is 11.2. The SMILES string of the molecule is COC(=O)COc1cc(OC)nc(Oc2cc(-n3c(=O)cc(C(F)(F)F)n(C)c3=O)c(F)cc2Cl)n1. The van der Waals surface area contributed by atoms with Gasteiger partial charge in [0, 0.05) is 19.2 Å². The highest BCUT2D eigenvalue weighted by atomic mass is 35.5. The molecule has 0 bridgehead atoms. The summed E-state index contributed by atoms with van der Waals surface area (Å²) in [4.78, 5) is 44.0. The maximum Gasteiger partial charge on any atom is 0.431 e. The fourth-order valence-electron chi connectivity index (χ4n) is 2.79. The zero-order chi connectivity index (χ0) is 26.8. The Hall–Kier alpha value is -4.14. The summed E-state index contributed by atoms with van der Waals surface area (Å²) < 4.78 is 74.4. The second-order valence-corrected chi connectivity index (χ2v) is 7.18. The number of alkyl halides is 3. The number of nitrogens with zero attached hydrogens (tertiary/aromatic N) is 4. The third-order valence-electron chi connectivity index (χ3n) is 4.49. The zero-order valence-corrected chi connectivity index (χ0v) is 19.3. The van der Waals surface area contributed by atoms with E-state index in [4.69, 9.17) is 25.8 Å². The van der Waals surface area contributed by atoms with E-state index in [-0.39, 0.29) is 37.7 Å². The van der Waals surface area contributed by atoms with E-state index < -0.39 is 53.2 Å². The number of esters is 1. The number of rotatable bonds is 7. The molecule has 1 aromatic carbocycles. The van der Waals surface area contributed by atoms with Crippen molar-refractivity contribution < 1.29 is 41.3 Å². The van der Waals surface area contributed by atoms with Crippen LogP contribution in [0.1, 0.15) is 5.69 Å². The summed E-state index contributed by atoms with van der Waals surface area (Å²) in [5, 5.41) is -0.364. The first-order valence-corrected chi connectivity index (χ1v) is 9.93. The van der Waals surface area contributed by atoms with Crippen LogP contribution in [0.5, 0.6) is 23.5 Å². The molecule has 0 fully saturated rings. The molecule has 192 valence electrons. The van der Waals surface area contributed by atoms with Crippen LogP contribution in [0, 0.1) is 5.82 Å². The Morgan fingerprint density at radius 2 is 1.75 bits per heavy atom. The molecule has 16 heteroatoms. The molecule has 0 atom stereocenters. The third kappa shape index (κ3) is 5.56. The Balaban J connectivity index is 2.07. The van der Waals surface area contributed by atoms with Crippen LogP contribution in [0.15, 0.2) is 33.9 Å². The van der Waals surface area contributed by atoms with E-state index in [1.165, 1.54) is 13.2 Å². The minimum atomic E-state index is -5.00. The van der Waals surface area contributed by atoms with Crippen LogP contribution in [0.4, 0.5) is 17.6 Å². The highest BCUT2D eigenvalue weighted by molar-refractivity contribution is 6.32. The van der Waals surface area contributed by atoms with Crippen molar-refractivity contribution in [3.63, 3.8) is 0 Å². The van der Waals surface area contributed by atoms with Crippen LogP contribution < -0.4 is 25.5 Å². The molecule has 0 spiro atoms. The molecule has 0 saturated heterocycles. The lowest BCUT2D eigenvalue weighted by atomic mass is 10.2. The molecule has 0 unspecified atom stereocenters. The van der Waals surface area contributed by atoms with Crippen LogP contribution in [-0.2, 0) is 22.8 Å². The average Bonchev–Trinajstić information content (AvgIpc) is 2.81. The van der Waals surface area contributed by atoms with Crippen molar-refractivity contribution in [2.45, 2.75) is 6.18 Å². The number of benzene rings is 1. The van der Waals surface area contributed by atoms with E-state index in [2.05, 4.69) is 14.7 Å². The number of carbonyl (C=O) groups excluding carboxylic acids is 1. The van der Waals surface area contributed by atoms with Gasteiger partial charge in [0.25, 0.3) is 5.56 Å². The van der Waals surface area contributed by atoms with Gasteiger partial charge < -0.3 is 18.9 Å². The molecule has 0 aliphatic rings. The van der Waals surface area contributed by atoms with Crippen LogP contribution >= 0.6 is 11.6 Å². The van der Waals surface area contributed by atoms with Gasteiger partial charge in [-0.25, -0.2) is 18.5 Å². The van der Waals surface area contributed by atoms with Gasteiger partial charge in [-0.1, -0.05) is 11.6 Å². The molecule has 36 heavy (non-hydrogen) atoms. The largest absolute Gasteiger partial charge is 0.481 e. The van der Waals surface area contributed by atoms with E-state index in [0.29, 0.717) is 6.07 Å². The summed E-state index contributed by atoms with van der Waals surface area (Å²) in [7, 11) is 3.17. The Bertz CT molecular complexity index is 1440. The molecule has 3 rings (SSSR count). The number of hydrogen-bond donors (Lipinski definition) is 0. The molecular weight excluding hydrogens is 520 g/mol. The number of aromatic nitrogens is 4. The molecule has 0 saturated carbocycles. The standard InChI is InChI=1S/C20H15ClF4N4O7/c1-28-13(20(23,24)25)6-16(30)29(19(28)32)11-5-12(9(21)4-10(11)22)36-18-26-14(33-2)7-15(27-18)35-8-17(31)34-3/h4-7H,8H2,1-3H3. The second kappa shape index (κ2) is 10.2. The molecule has 0 radical (unpaired) electrons. The van der Waals surface area contributed by atoms with E-state index >= 15 is 0 Å². The lowest BCUT2D eigenvalue weighted by Crippen LogP contribution is -2.41. The third-order valence-corrected chi connectivity index (χ3v) is 4.78. The molecule has 2 aromatic heterocycles. The summed E-state index contributed by atoms with van der Waals surface area (Å²) in [5.74, 6) is -2.57. The molecular formula is C20H15ClF4N4O7. The van der Waals surface area contributed by atoms with Gasteiger partial charge in [0.2, 0.25) is 11.8 Å². The number of ether oxygens (including phenoxy) is 4. The van der Waals surface area contributed by atoms with Crippen molar-refractivity contribution in [2.24, 2.45) is 7.05 Å². The van der Waals surface area contributed by atoms with Crippen LogP contribution in [0.2, 0.25) is 5.02 Å². The highest BCUT2D eigenvalue weighted by Crippen LogP contribution is 2.33. The van der Waals surface area contributed by atoms with Gasteiger partial charge in [-0.2, -0.15) is 23.1 Å². The van der Waals surface area contributed by atoms with Gasteiger partial charge in [0.15, 0.2) is 12.4 Å². The molecule has 0 N–H and O–H groups in total. The first-order chi connectivity index (χ1) is 16.8. The van der Waals surface area contributed by atoms with Crippen molar-refractivity contribution in [1.29, 1.82) is 0 Å². The average molecular weight is 535 g/mol. The first-order valence-electron chi connectivity index (χ1n) is 9.56. The van der Waals surface area contributed by atoms with E-state index in [1.807, 2.05) is 0 Å². The maximum atomic E-state index is 14.7. The van der Waals surface area contributed by atoms with Crippen molar-refractivity contribution in [2.75, 3.05) is 20.8 Å². The summed E-state index contributed by atoms with van der Waals surface area (Å²) in [6.45, 7) is -0.516. The fraction of sp³-hybridized carbons (Fsp3) is 0.250. The molecule has 2 heterocycles. The van der Waals surface area contributed by atoms with E-state index in [1.54, 1.807) is 0 Å². The minimum Gasteiger partial charge on any atom is -0.481 e. The smallest absolute Gasteiger partial charge is 0.431 e. The predicted octanol–water partition coefficient (Wildman–Crippen LogP) is 2.49. The highest BCUT2D eigenvalue weighted by Gasteiger charge is 2.35. The van der Waals surface area contributed by atoms with Gasteiger partial charge in [0.1, 0.15) is 11.5 Å². The zero-order valence-electron chi connectivity index (χ0n) is 18.6. The molecule has 0 amide bonds. The monoisotopic (exact) mass is 534 g/mol. The molecule has 11 nitrogen and oxygen atoms in total. The predicted molar refractivity (Wildman–Crippen MR) is 113 cm³/mol. The number of halogens is 5. The van der Waals surface area contributed by atoms with Crippen molar-refractivity contribution in [3.8, 4) is 29.2 Å². The van der Waals surface area contributed by atoms with Crippen molar-refractivity contribution in [1.82, 2.24) is 19.1 Å².